The summed E-state index contributed by atoms with van der Waals surface area (Å²) in [6, 6.07) is 3.60. The molecule has 0 radical (unpaired) electrons. The highest BCUT2D eigenvalue weighted by molar-refractivity contribution is 5.15. The number of hydrogen-bond donors (Lipinski definition) is 0. The van der Waals surface area contributed by atoms with Gasteiger partial charge in [-0.3, -0.25) is 0 Å². The van der Waals surface area contributed by atoms with Gasteiger partial charge in [0.15, 0.2) is 0 Å². The summed E-state index contributed by atoms with van der Waals surface area (Å²) in [5, 5.41) is 0. The highest BCUT2D eigenvalue weighted by Crippen LogP contribution is 2.59. The van der Waals surface area contributed by atoms with Gasteiger partial charge in [0.05, 0.1) is 6.26 Å². The van der Waals surface area contributed by atoms with Crippen LogP contribution >= 0.6 is 0 Å². The van der Waals surface area contributed by atoms with Crippen molar-refractivity contribution >= 4 is 0 Å². The average molecular weight is 326 g/mol. The summed E-state index contributed by atoms with van der Waals surface area (Å²) in [5.41, 5.74) is 1.04. The van der Waals surface area contributed by atoms with Crippen molar-refractivity contribution in [2.24, 2.45) is 35.5 Å². The minimum absolute atomic E-state index is 0.221. The Morgan fingerprint density at radius 3 is 2.29 bits per heavy atom. The van der Waals surface area contributed by atoms with Crippen LogP contribution in [-0.4, -0.2) is 0 Å². The maximum Gasteiger partial charge on any atom is 0.335 e. The Hall–Kier alpha value is -1.05. The lowest BCUT2D eigenvalue weighted by Crippen LogP contribution is -2.44. The molecule has 1 aromatic heterocycles. The van der Waals surface area contributed by atoms with Gasteiger partial charge in [0.1, 0.15) is 0 Å². The predicted octanol–water partition coefficient (Wildman–Crippen LogP) is 5.38. The van der Waals surface area contributed by atoms with Gasteiger partial charge < -0.3 is 4.42 Å². The molecule has 24 heavy (non-hydrogen) atoms. The van der Waals surface area contributed by atoms with Gasteiger partial charge in [-0.05, 0) is 104 Å². The molecule has 2 heteroatoms. The van der Waals surface area contributed by atoms with E-state index in [-0.39, 0.29) is 5.63 Å². The molecule has 0 N–H and O–H groups in total. The average Bonchev–Trinajstić information content (AvgIpc) is 3.10. The molecule has 4 aliphatic carbocycles. The highest BCUT2D eigenvalue weighted by Gasteiger charge is 2.49. The fourth-order valence-corrected chi connectivity index (χ4v) is 7.38. The molecule has 0 aromatic carbocycles. The van der Waals surface area contributed by atoms with Crippen LogP contribution in [0.4, 0.5) is 0 Å². The van der Waals surface area contributed by atoms with Crippen LogP contribution in [0.15, 0.2) is 27.6 Å². The molecule has 4 aliphatic rings. The van der Waals surface area contributed by atoms with Gasteiger partial charge in [0.25, 0.3) is 0 Å². The summed E-state index contributed by atoms with van der Waals surface area (Å²) in [7, 11) is 0. The Bertz CT molecular complexity index is 627. The third-order valence-corrected chi connectivity index (χ3v) is 8.34. The monoisotopic (exact) mass is 326 g/mol. The maximum atomic E-state index is 11.2. The molecule has 7 atom stereocenters. The van der Waals surface area contributed by atoms with E-state index >= 15 is 0 Å². The third-order valence-electron chi connectivity index (χ3n) is 8.34. The lowest BCUT2D eigenvalue weighted by Gasteiger charge is -2.52. The molecule has 0 spiro atoms. The number of hydrogen-bond acceptors (Lipinski definition) is 2. The van der Waals surface area contributed by atoms with Crippen LogP contribution in [-0.2, 0) is 0 Å². The van der Waals surface area contributed by atoms with Crippen LogP contribution in [0.1, 0.15) is 75.7 Å². The molecular weight excluding hydrogens is 296 g/mol. The van der Waals surface area contributed by atoms with Crippen LogP contribution in [0.3, 0.4) is 0 Å². The normalized spacial score (nSPS) is 44.4. The van der Waals surface area contributed by atoms with E-state index in [1.165, 1.54) is 69.8 Å². The Labute approximate surface area is 145 Å². The van der Waals surface area contributed by atoms with Crippen molar-refractivity contribution in [1.29, 1.82) is 0 Å². The minimum atomic E-state index is -0.221. The van der Waals surface area contributed by atoms with Crippen LogP contribution < -0.4 is 5.63 Å². The van der Waals surface area contributed by atoms with E-state index in [1.807, 2.05) is 6.07 Å². The second-order valence-electron chi connectivity index (χ2n) is 9.16. The van der Waals surface area contributed by atoms with Gasteiger partial charge in [-0.15, -0.1) is 0 Å². The SMILES string of the molecule is O=c1ccc(C2CCC3C(CCC4C5CCCC5CCC34)C2)co1. The molecule has 1 aromatic rings. The number of rotatable bonds is 1. The van der Waals surface area contributed by atoms with Gasteiger partial charge in [-0.25, -0.2) is 4.79 Å². The topological polar surface area (TPSA) is 30.2 Å². The van der Waals surface area contributed by atoms with E-state index in [0.29, 0.717) is 5.92 Å². The molecule has 7 unspecified atom stereocenters. The zero-order chi connectivity index (χ0) is 16.1. The minimum Gasteiger partial charge on any atom is -0.431 e. The van der Waals surface area contributed by atoms with Gasteiger partial charge in [0.2, 0.25) is 0 Å². The second-order valence-corrected chi connectivity index (χ2v) is 9.16. The second kappa shape index (κ2) is 6.04. The lowest BCUT2D eigenvalue weighted by molar-refractivity contribution is -0.0222. The summed E-state index contributed by atoms with van der Waals surface area (Å²) in [4.78, 5) is 11.2. The molecule has 0 aliphatic heterocycles. The van der Waals surface area contributed by atoms with E-state index in [2.05, 4.69) is 0 Å². The molecule has 5 rings (SSSR count). The van der Waals surface area contributed by atoms with Crippen molar-refractivity contribution in [2.45, 2.75) is 70.1 Å². The van der Waals surface area contributed by atoms with Gasteiger partial charge in [0, 0.05) is 6.07 Å². The van der Waals surface area contributed by atoms with E-state index in [4.69, 9.17) is 4.42 Å². The van der Waals surface area contributed by atoms with Crippen molar-refractivity contribution in [2.75, 3.05) is 0 Å². The summed E-state index contributed by atoms with van der Waals surface area (Å²) < 4.78 is 5.13. The Kier molecular flexibility index (Phi) is 3.83. The first kappa shape index (κ1) is 15.2. The molecule has 4 fully saturated rings. The standard InChI is InChI=1S/C22H30O2/c23-22-11-7-17(13-24-22)15-5-8-19-16(12-15)6-10-20-18-3-1-2-14(18)4-9-21(19)20/h7,11,13-16,18-21H,1-6,8-10,12H2. The van der Waals surface area contributed by atoms with Crippen LogP contribution in [0.25, 0.3) is 0 Å². The first-order chi connectivity index (χ1) is 11.8. The van der Waals surface area contributed by atoms with Crippen molar-refractivity contribution in [3.63, 3.8) is 0 Å². The predicted molar refractivity (Wildman–Crippen MR) is 94.8 cm³/mol. The molecule has 2 nitrogen and oxygen atoms in total. The molecule has 0 bridgehead atoms. The largest absolute Gasteiger partial charge is 0.431 e. The Balaban J connectivity index is 1.31. The summed E-state index contributed by atoms with van der Waals surface area (Å²) >= 11 is 0. The van der Waals surface area contributed by atoms with E-state index < -0.39 is 0 Å². The van der Waals surface area contributed by atoms with Gasteiger partial charge in [-0.2, -0.15) is 0 Å². The van der Waals surface area contributed by atoms with Crippen LogP contribution in [0.2, 0.25) is 0 Å². The molecule has 0 saturated heterocycles. The first-order valence-electron chi connectivity index (χ1n) is 10.4. The smallest absolute Gasteiger partial charge is 0.335 e. The highest BCUT2D eigenvalue weighted by atomic mass is 16.4. The fraction of sp³-hybridized carbons (Fsp3) is 0.773. The fourth-order valence-electron chi connectivity index (χ4n) is 7.38. The zero-order valence-corrected chi connectivity index (χ0v) is 14.7. The summed E-state index contributed by atoms with van der Waals surface area (Å²) in [5.74, 6) is 6.83. The summed E-state index contributed by atoms with van der Waals surface area (Å²) in [6.45, 7) is 0. The quantitative estimate of drug-likeness (QED) is 0.694. The molecular formula is C22H30O2. The number of fused-ring (bicyclic) bond motifs is 5. The third kappa shape index (κ3) is 2.48. The molecule has 130 valence electrons. The van der Waals surface area contributed by atoms with Crippen LogP contribution in [0, 0.1) is 35.5 Å². The lowest BCUT2D eigenvalue weighted by atomic mass is 9.53. The van der Waals surface area contributed by atoms with Crippen LogP contribution in [0.5, 0.6) is 0 Å². The molecule has 4 saturated carbocycles. The van der Waals surface area contributed by atoms with Crippen molar-refractivity contribution in [3.8, 4) is 0 Å². The molecule has 0 amide bonds. The Morgan fingerprint density at radius 1 is 0.750 bits per heavy atom. The van der Waals surface area contributed by atoms with E-state index in [9.17, 15) is 4.79 Å². The Morgan fingerprint density at radius 2 is 1.50 bits per heavy atom. The van der Waals surface area contributed by atoms with E-state index in [1.54, 1.807) is 12.3 Å². The maximum absolute atomic E-state index is 11.2. The van der Waals surface area contributed by atoms with E-state index in [0.717, 1.165) is 35.5 Å². The zero-order valence-electron chi connectivity index (χ0n) is 14.7. The van der Waals surface area contributed by atoms with Gasteiger partial charge in [-0.1, -0.05) is 12.8 Å². The first-order valence-corrected chi connectivity index (χ1v) is 10.4. The van der Waals surface area contributed by atoms with Crippen molar-refractivity contribution in [3.05, 3.63) is 34.4 Å². The molecule has 1 heterocycles. The van der Waals surface area contributed by atoms with Crippen molar-refractivity contribution < 1.29 is 4.42 Å². The van der Waals surface area contributed by atoms with Gasteiger partial charge >= 0.3 is 5.63 Å². The summed E-state index contributed by atoms with van der Waals surface area (Å²) in [6.07, 6.45) is 16.4. The van der Waals surface area contributed by atoms with Crippen molar-refractivity contribution in [1.82, 2.24) is 0 Å².